The van der Waals surface area contributed by atoms with Gasteiger partial charge in [0.2, 0.25) is 0 Å². The number of benzene rings is 1. The number of aromatic nitrogens is 1. The summed E-state index contributed by atoms with van der Waals surface area (Å²) in [7, 11) is 0. The molecule has 3 rings (SSSR count). The summed E-state index contributed by atoms with van der Waals surface area (Å²) in [4.78, 5) is 14.6. The van der Waals surface area contributed by atoms with Gasteiger partial charge in [0.15, 0.2) is 0 Å². The molecule has 1 aliphatic rings. The van der Waals surface area contributed by atoms with Crippen molar-refractivity contribution in [2.75, 3.05) is 6.54 Å². The molecule has 0 aliphatic heterocycles. The zero-order valence-electron chi connectivity index (χ0n) is 16.6. The van der Waals surface area contributed by atoms with E-state index in [4.69, 9.17) is 16.3 Å². The molecule has 2 aromatic rings. The second-order valence-electron chi connectivity index (χ2n) is 7.34. The largest absolute Gasteiger partial charge is 0.489 e. The first-order chi connectivity index (χ1) is 13.6. The predicted molar refractivity (Wildman–Crippen MR) is 117 cm³/mol. The summed E-state index contributed by atoms with van der Waals surface area (Å²) in [6.45, 7) is 5.14. The number of aromatic amines is 1. The van der Waals surface area contributed by atoms with Gasteiger partial charge in [-0.25, -0.2) is 0 Å². The third-order valence-electron chi connectivity index (χ3n) is 5.24. The van der Waals surface area contributed by atoms with Crippen molar-refractivity contribution in [1.82, 2.24) is 10.3 Å². The summed E-state index contributed by atoms with van der Waals surface area (Å²) in [5.41, 5.74) is 1.22. The van der Waals surface area contributed by atoms with Crippen LogP contribution in [0.25, 0.3) is 10.8 Å². The first kappa shape index (κ1) is 20.7. The lowest BCUT2D eigenvalue weighted by Gasteiger charge is -2.30. The fourth-order valence-corrected chi connectivity index (χ4v) is 3.99. The minimum Gasteiger partial charge on any atom is -0.489 e. The smallest absolute Gasteiger partial charge is 0.255 e. The Balaban J connectivity index is 1.56. The van der Waals surface area contributed by atoms with Crippen LogP contribution in [0.5, 0.6) is 5.75 Å². The van der Waals surface area contributed by atoms with Gasteiger partial charge >= 0.3 is 0 Å². The number of rotatable bonds is 7. The lowest BCUT2D eigenvalue weighted by molar-refractivity contribution is 0.141. The van der Waals surface area contributed by atoms with Crippen LogP contribution in [0.3, 0.4) is 0 Å². The molecule has 0 bridgehead atoms. The minimum absolute atomic E-state index is 0.132. The molecule has 4 nitrogen and oxygen atoms in total. The number of halogens is 1. The maximum absolute atomic E-state index is 11.9. The van der Waals surface area contributed by atoms with Gasteiger partial charge < -0.3 is 15.0 Å². The van der Waals surface area contributed by atoms with Crippen LogP contribution in [-0.4, -0.2) is 23.7 Å². The van der Waals surface area contributed by atoms with Crippen LogP contribution in [0.15, 0.2) is 53.0 Å². The van der Waals surface area contributed by atoms with Gasteiger partial charge in [-0.3, -0.25) is 4.79 Å². The molecule has 0 amide bonds. The van der Waals surface area contributed by atoms with Crippen molar-refractivity contribution >= 4 is 22.4 Å². The van der Waals surface area contributed by atoms with Gasteiger partial charge in [-0.1, -0.05) is 36.8 Å². The van der Waals surface area contributed by atoms with Crippen molar-refractivity contribution in [2.24, 2.45) is 0 Å². The number of pyridine rings is 1. The van der Waals surface area contributed by atoms with Crippen molar-refractivity contribution in [3.63, 3.8) is 0 Å². The summed E-state index contributed by atoms with van der Waals surface area (Å²) in [6.07, 6.45) is 13.6. The van der Waals surface area contributed by atoms with E-state index in [0.29, 0.717) is 22.2 Å². The second kappa shape index (κ2) is 9.94. The summed E-state index contributed by atoms with van der Waals surface area (Å²) >= 11 is 6.36. The van der Waals surface area contributed by atoms with E-state index in [0.717, 1.165) is 44.0 Å². The fourth-order valence-electron chi connectivity index (χ4n) is 3.78. The quantitative estimate of drug-likeness (QED) is 0.614. The van der Waals surface area contributed by atoms with Crippen molar-refractivity contribution in [2.45, 2.75) is 58.1 Å². The minimum atomic E-state index is -0.132. The lowest BCUT2D eigenvalue weighted by atomic mass is 9.92. The highest BCUT2D eigenvalue weighted by Crippen LogP contribution is 2.32. The van der Waals surface area contributed by atoms with Crippen LogP contribution < -0.4 is 15.6 Å². The van der Waals surface area contributed by atoms with E-state index in [1.807, 2.05) is 12.1 Å². The van der Waals surface area contributed by atoms with Gasteiger partial charge in [0, 0.05) is 24.2 Å². The Kier molecular flexibility index (Phi) is 7.35. The molecular formula is C23H29ClN2O2. The van der Waals surface area contributed by atoms with Crippen LogP contribution in [0, 0.1) is 0 Å². The molecule has 150 valence electrons. The number of H-pyrrole nitrogens is 1. The fraction of sp³-hybridized carbons (Fsp3) is 0.435. The van der Waals surface area contributed by atoms with Crippen molar-refractivity contribution in [1.29, 1.82) is 0 Å². The number of nitrogens with one attached hydrogen (secondary N) is 2. The van der Waals surface area contributed by atoms with Crippen molar-refractivity contribution in [3.8, 4) is 5.75 Å². The van der Waals surface area contributed by atoms with Gasteiger partial charge in [-0.15, -0.1) is 0 Å². The van der Waals surface area contributed by atoms with Gasteiger partial charge in [-0.05, 0) is 68.2 Å². The van der Waals surface area contributed by atoms with E-state index in [1.54, 1.807) is 12.3 Å². The molecule has 1 heterocycles. The van der Waals surface area contributed by atoms with Gasteiger partial charge in [0.1, 0.15) is 5.75 Å². The molecular weight excluding hydrogens is 372 g/mol. The van der Waals surface area contributed by atoms with Crippen LogP contribution in [0.2, 0.25) is 5.02 Å². The average Bonchev–Trinajstić information content (AvgIpc) is 2.69. The highest BCUT2D eigenvalue weighted by atomic mass is 35.5. The lowest BCUT2D eigenvalue weighted by Crippen LogP contribution is -2.37. The zero-order chi connectivity index (χ0) is 19.9. The molecule has 28 heavy (non-hydrogen) atoms. The predicted octanol–water partition coefficient (Wildman–Crippen LogP) is 5.37. The topological polar surface area (TPSA) is 54.1 Å². The summed E-state index contributed by atoms with van der Waals surface area (Å²) in [5, 5.41) is 5.60. The molecule has 1 aliphatic carbocycles. The van der Waals surface area contributed by atoms with Gasteiger partial charge in [0.25, 0.3) is 5.56 Å². The Morgan fingerprint density at radius 2 is 2.11 bits per heavy atom. The monoisotopic (exact) mass is 400 g/mol. The number of fused-ring (bicyclic) bond motifs is 1. The highest BCUT2D eigenvalue weighted by Gasteiger charge is 2.23. The number of allylic oxidation sites excluding steroid dienone is 2. The number of hydrogen-bond acceptors (Lipinski definition) is 3. The molecule has 0 unspecified atom stereocenters. The summed E-state index contributed by atoms with van der Waals surface area (Å²) in [5.74, 6) is 0.664. The summed E-state index contributed by atoms with van der Waals surface area (Å²) < 4.78 is 6.19. The average molecular weight is 401 g/mol. The first-order valence-electron chi connectivity index (χ1n) is 10.1. The van der Waals surface area contributed by atoms with Crippen molar-refractivity contribution < 1.29 is 4.74 Å². The zero-order valence-corrected chi connectivity index (χ0v) is 17.4. The second-order valence-corrected chi connectivity index (χ2v) is 7.74. The Morgan fingerprint density at radius 3 is 2.82 bits per heavy atom. The van der Waals surface area contributed by atoms with E-state index in [9.17, 15) is 4.79 Å². The molecule has 0 saturated heterocycles. The number of ether oxygens (including phenoxy) is 1. The molecule has 1 fully saturated rings. The van der Waals surface area contributed by atoms with E-state index in [-0.39, 0.29) is 11.7 Å². The maximum Gasteiger partial charge on any atom is 0.255 e. The van der Waals surface area contributed by atoms with E-state index >= 15 is 0 Å². The molecule has 1 aromatic carbocycles. The number of hydrogen-bond donors (Lipinski definition) is 2. The molecule has 2 N–H and O–H groups in total. The van der Waals surface area contributed by atoms with Crippen LogP contribution in [-0.2, 0) is 0 Å². The Morgan fingerprint density at radius 1 is 1.32 bits per heavy atom. The van der Waals surface area contributed by atoms with E-state index in [1.165, 1.54) is 5.57 Å². The summed E-state index contributed by atoms with van der Waals surface area (Å²) in [6, 6.07) is 5.96. The molecule has 5 heteroatoms. The molecule has 1 aromatic heterocycles. The highest BCUT2D eigenvalue weighted by molar-refractivity contribution is 6.32. The van der Waals surface area contributed by atoms with Crippen molar-refractivity contribution in [3.05, 3.63) is 63.6 Å². The Bertz CT molecular complexity index is 908. The first-order valence-corrected chi connectivity index (χ1v) is 10.5. The van der Waals surface area contributed by atoms with Gasteiger partial charge in [-0.2, -0.15) is 0 Å². The van der Waals surface area contributed by atoms with E-state index in [2.05, 4.69) is 42.4 Å². The third-order valence-corrected chi connectivity index (χ3v) is 5.53. The SMILES string of the molecule is C/C=C\C(=C/CC)CN[C@H]1CC[C@@H](Oc2cc3cc[nH]c(=O)c3cc2Cl)CC1. The van der Waals surface area contributed by atoms with Crippen LogP contribution >= 0.6 is 11.6 Å². The molecule has 0 radical (unpaired) electrons. The molecule has 0 atom stereocenters. The maximum atomic E-state index is 11.9. The van der Waals surface area contributed by atoms with Crippen LogP contribution in [0.4, 0.5) is 0 Å². The normalized spacial score (nSPS) is 20.8. The molecule has 1 saturated carbocycles. The van der Waals surface area contributed by atoms with Crippen LogP contribution in [0.1, 0.15) is 46.0 Å². The Hall–Kier alpha value is -2.04. The standard InChI is InChI=1S/C23H29ClN2O2/c1-3-5-16(6-4-2)15-26-18-7-9-19(10-8-18)28-22-13-17-11-12-25-23(27)20(17)14-21(22)24/h3,5-6,11-14,18-19,26H,4,7-10,15H2,1-2H3,(H,25,27)/b5-3-,16-6+/t18-,19+. The van der Waals surface area contributed by atoms with E-state index < -0.39 is 0 Å². The van der Waals surface area contributed by atoms with Gasteiger partial charge in [0.05, 0.1) is 11.1 Å². The Labute approximate surface area is 171 Å². The molecule has 0 spiro atoms. The third kappa shape index (κ3) is 5.27.